The van der Waals surface area contributed by atoms with Crippen LogP contribution in [0.4, 0.5) is 0 Å². The Morgan fingerprint density at radius 1 is 1.58 bits per heavy atom. The SMILES string of the molecule is CN(C(=O)CSc1nncs1)C1(C#N)CCCCC1. The van der Waals surface area contributed by atoms with Crippen LogP contribution >= 0.6 is 23.1 Å². The molecule has 19 heavy (non-hydrogen) atoms. The minimum absolute atomic E-state index is 0.0105. The van der Waals surface area contributed by atoms with Crippen molar-refractivity contribution in [2.24, 2.45) is 0 Å². The third-order valence-corrected chi connectivity index (χ3v) is 5.41. The average molecular weight is 296 g/mol. The highest BCUT2D eigenvalue weighted by Gasteiger charge is 2.38. The van der Waals surface area contributed by atoms with E-state index in [4.69, 9.17) is 0 Å². The molecule has 1 heterocycles. The molecule has 1 saturated carbocycles. The summed E-state index contributed by atoms with van der Waals surface area (Å²) in [6.45, 7) is 0. The topological polar surface area (TPSA) is 69.9 Å². The molecule has 0 aromatic carbocycles. The van der Waals surface area contributed by atoms with E-state index in [0.717, 1.165) is 36.4 Å². The van der Waals surface area contributed by atoms with Crippen molar-refractivity contribution in [2.45, 2.75) is 42.0 Å². The van der Waals surface area contributed by atoms with Crippen molar-refractivity contribution in [1.29, 1.82) is 5.26 Å². The van der Waals surface area contributed by atoms with E-state index in [9.17, 15) is 10.1 Å². The van der Waals surface area contributed by atoms with Crippen LogP contribution in [-0.4, -0.2) is 39.3 Å². The second-order valence-corrected chi connectivity index (χ2v) is 6.71. The van der Waals surface area contributed by atoms with Crippen molar-refractivity contribution in [3.05, 3.63) is 5.51 Å². The minimum atomic E-state index is -0.600. The van der Waals surface area contributed by atoms with E-state index >= 15 is 0 Å². The average Bonchev–Trinajstić information content (AvgIpc) is 2.98. The predicted molar refractivity (Wildman–Crippen MR) is 74.8 cm³/mol. The maximum atomic E-state index is 12.2. The fourth-order valence-electron chi connectivity index (χ4n) is 2.34. The van der Waals surface area contributed by atoms with Crippen LogP contribution in [0.15, 0.2) is 9.85 Å². The van der Waals surface area contributed by atoms with E-state index < -0.39 is 5.54 Å². The van der Waals surface area contributed by atoms with Crippen LogP contribution in [-0.2, 0) is 4.79 Å². The first-order valence-electron chi connectivity index (χ1n) is 6.25. The second kappa shape index (κ2) is 6.35. The molecule has 2 rings (SSSR count). The molecule has 0 unspecified atom stereocenters. The molecule has 0 N–H and O–H groups in total. The van der Waals surface area contributed by atoms with Crippen LogP contribution in [0.2, 0.25) is 0 Å². The van der Waals surface area contributed by atoms with Gasteiger partial charge in [-0.15, -0.1) is 10.2 Å². The minimum Gasteiger partial charge on any atom is -0.326 e. The Labute approximate surface area is 121 Å². The molecule has 0 atom stereocenters. The Bertz CT molecular complexity index is 463. The summed E-state index contributed by atoms with van der Waals surface area (Å²) in [7, 11) is 1.75. The lowest BCUT2D eigenvalue weighted by atomic mass is 9.81. The highest BCUT2D eigenvalue weighted by Crippen LogP contribution is 2.33. The van der Waals surface area contributed by atoms with Crippen molar-refractivity contribution >= 4 is 29.0 Å². The number of aromatic nitrogens is 2. The van der Waals surface area contributed by atoms with Crippen LogP contribution in [0.25, 0.3) is 0 Å². The summed E-state index contributed by atoms with van der Waals surface area (Å²) in [6.07, 6.45) is 4.78. The maximum Gasteiger partial charge on any atom is 0.234 e. The lowest BCUT2D eigenvalue weighted by Gasteiger charge is -2.38. The summed E-state index contributed by atoms with van der Waals surface area (Å²) >= 11 is 2.80. The van der Waals surface area contributed by atoms with E-state index in [0.29, 0.717) is 5.75 Å². The Morgan fingerprint density at radius 3 is 2.89 bits per heavy atom. The monoisotopic (exact) mass is 296 g/mol. The summed E-state index contributed by atoms with van der Waals surface area (Å²) in [5, 5.41) is 17.1. The summed E-state index contributed by atoms with van der Waals surface area (Å²) in [4.78, 5) is 13.9. The number of carbonyl (C=O) groups is 1. The molecule has 102 valence electrons. The zero-order valence-corrected chi connectivity index (χ0v) is 12.5. The van der Waals surface area contributed by atoms with Crippen molar-refractivity contribution in [1.82, 2.24) is 15.1 Å². The van der Waals surface area contributed by atoms with Gasteiger partial charge in [0, 0.05) is 7.05 Å². The molecule has 1 aliphatic rings. The molecular weight excluding hydrogens is 280 g/mol. The van der Waals surface area contributed by atoms with Crippen LogP contribution in [0, 0.1) is 11.3 Å². The van der Waals surface area contributed by atoms with Crippen molar-refractivity contribution in [2.75, 3.05) is 12.8 Å². The fraction of sp³-hybridized carbons (Fsp3) is 0.667. The van der Waals surface area contributed by atoms with E-state index in [2.05, 4.69) is 16.3 Å². The van der Waals surface area contributed by atoms with Gasteiger partial charge in [-0.3, -0.25) is 4.79 Å². The smallest absolute Gasteiger partial charge is 0.234 e. The van der Waals surface area contributed by atoms with Crippen molar-refractivity contribution in [3.63, 3.8) is 0 Å². The van der Waals surface area contributed by atoms with Gasteiger partial charge in [-0.2, -0.15) is 5.26 Å². The third-order valence-electron chi connectivity index (χ3n) is 3.56. The molecule has 0 radical (unpaired) electrons. The summed E-state index contributed by atoms with van der Waals surface area (Å²) in [6, 6.07) is 2.36. The largest absolute Gasteiger partial charge is 0.326 e. The molecule has 1 aromatic heterocycles. The zero-order chi connectivity index (χ0) is 13.7. The summed E-state index contributed by atoms with van der Waals surface area (Å²) < 4.78 is 0.788. The lowest BCUT2D eigenvalue weighted by molar-refractivity contribution is -0.131. The van der Waals surface area contributed by atoms with E-state index in [1.165, 1.54) is 23.1 Å². The number of thioether (sulfide) groups is 1. The second-order valence-electron chi connectivity index (χ2n) is 4.65. The van der Waals surface area contributed by atoms with Gasteiger partial charge in [-0.05, 0) is 12.8 Å². The molecule has 7 heteroatoms. The Kier molecular flexibility index (Phi) is 4.77. The van der Waals surface area contributed by atoms with Crippen LogP contribution in [0.3, 0.4) is 0 Å². The number of nitrogens with zero attached hydrogens (tertiary/aromatic N) is 4. The van der Waals surface area contributed by atoms with Gasteiger partial charge in [-0.25, -0.2) is 0 Å². The summed E-state index contributed by atoms with van der Waals surface area (Å²) in [5.74, 6) is 0.304. The van der Waals surface area contributed by atoms with Crippen LogP contribution in [0.5, 0.6) is 0 Å². The van der Waals surface area contributed by atoms with Gasteiger partial charge in [0.2, 0.25) is 5.91 Å². The first-order valence-corrected chi connectivity index (χ1v) is 8.11. The Hall–Kier alpha value is -1.13. The quantitative estimate of drug-likeness (QED) is 0.797. The number of nitriles is 1. The summed E-state index contributed by atoms with van der Waals surface area (Å²) in [5.41, 5.74) is 1.05. The molecule has 0 aliphatic heterocycles. The molecule has 1 aliphatic carbocycles. The van der Waals surface area contributed by atoms with E-state index in [1.54, 1.807) is 17.5 Å². The third kappa shape index (κ3) is 3.25. The number of carbonyl (C=O) groups excluding carboxylic acids is 1. The Balaban J connectivity index is 1.95. The molecule has 1 fully saturated rings. The van der Waals surface area contributed by atoms with Gasteiger partial charge < -0.3 is 4.90 Å². The number of amides is 1. The highest BCUT2D eigenvalue weighted by atomic mass is 32.2. The van der Waals surface area contributed by atoms with E-state index in [-0.39, 0.29) is 5.91 Å². The predicted octanol–water partition coefficient (Wildman–Crippen LogP) is 2.32. The molecule has 0 spiro atoms. The van der Waals surface area contributed by atoms with Gasteiger partial charge in [0.15, 0.2) is 4.34 Å². The van der Waals surface area contributed by atoms with Crippen molar-refractivity contribution in [3.8, 4) is 6.07 Å². The van der Waals surface area contributed by atoms with E-state index in [1.807, 2.05) is 0 Å². The standard InChI is InChI=1S/C12H16N4OS2/c1-16(12(8-13)5-3-2-4-6-12)10(17)7-18-11-15-14-9-19-11/h9H,2-7H2,1H3. The molecule has 5 nitrogen and oxygen atoms in total. The molecule has 1 amide bonds. The number of hydrogen-bond donors (Lipinski definition) is 0. The number of rotatable bonds is 4. The van der Waals surface area contributed by atoms with Gasteiger partial charge >= 0.3 is 0 Å². The Morgan fingerprint density at radius 2 is 2.32 bits per heavy atom. The first-order chi connectivity index (χ1) is 9.18. The normalized spacial score (nSPS) is 17.7. The van der Waals surface area contributed by atoms with Crippen molar-refractivity contribution < 1.29 is 4.79 Å². The molecule has 0 saturated heterocycles. The molecular formula is C12H16N4OS2. The molecule has 0 bridgehead atoms. The highest BCUT2D eigenvalue weighted by molar-refractivity contribution is 8.01. The van der Waals surface area contributed by atoms with Gasteiger partial charge in [0.25, 0.3) is 0 Å². The zero-order valence-electron chi connectivity index (χ0n) is 10.8. The molecule has 1 aromatic rings. The fourth-order valence-corrected chi connectivity index (χ4v) is 3.75. The van der Waals surface area contributed by atoms with Crippen LogP contribution < -0.4 is 0 Å². The lowest BCUT2D eigenvalue weighted by Crippen LogP contribution is -2.50. The first kappa shape index (κ1) is 14.3. The van der Waals surface area contributed by atoms with Gasteiger partial charge in [0.05, 0.1) is 11.8 Å². The number of hydrogen-bond acceptors (Lipinski definition) is 6. The van der Waals surface area contributed by atoms with Crippen LogP contribution in [0.1, 0.15) is 32.1 Å². The maximum absolute atomic E-state index is 12.2. The van der Waals surface area contributed by atoms with Gasteiger partial charge in [0.1, 0.15) is 11.0 Å². The van der Waals surface area contributed by atoms with Gasteiger partial charge in [-0.1, -0.05) is 42.4 Å².